The Bertz CT molecular complexity index is 359. The second kappa shape index (κ2) is 4.44. The number of rotatable bonds is 2. The van der Waals surface area contributed by atoms with Crippen molar-refractivity contribution in [3.05, 3.63) is 23.9 Å². The number of hydrogen-bond donors (Lipinski definition) is 0. The van der Waals surface area contributed by atoms with E-state index >= 15 is 0 Å². The van der Waals surface area contributed by atoms with E-state index in [4.69, 9.17) is 0 Å². The van der Waals surface area contributed by atoms with Gasteiger partial charge >= 0.3 is 0 Å². The first-order chi connectivity index (χ1) is 7.52. The Morgan fingerprint density at radius 2 is 1.71 bits per heavy atom. The van der Waals surface area contributed by atoms with Gasteiger partial charge in [0, 0.05) is 17.8 Å². The second-order valence-electron chi connectivity index (χ2n) is 7.64. The van der Waals surface area contributed by atoms with E-state index in [1.54, 1.807) is 0 Å². The van der Waals surface area contributed by atoms with Crippen molar-refractivity contribution in [1.29, 1.82) is 0 Å². The Kier molecular flexibility index (Phi) is 3.71. The average molecular weight is 233 g/mol. The first-order valence-corrected chi connectivity index (χ1v) is 6.46. The van der Waals surface area contributed by atoms with Crippen LogP contribution in [0.25, 0.3) is 0 Å². The molecule has 0 saturated heterocycles. The van der Waals surface area contributed by atoms with Gasteiger partial charge in [-0.3, -0.25) is 4.99 Å². The van der Waals surface area contributed by atoms with Gasteiger partial charge in [-0.05, 0) is 22.8 Å². The van der Waals surface area contributed by atoms with Crippen LogP contribution in [0, 0.1) is 16.2 Å². The Labute approximate surface area is 107 Å². The van der Waals surface area contributed by atoms with Crippen molar-refractivity contribution in [2.24, 2.45) is 21.2 Å². The first kappa shape index (κ1) is 14.2. The highest BCUT2D eigenvalue weighted by molar-refractivity contribution is 5.69. The predicted molar refractivity (Wildman–Crippen MR) is 77.3 cm³/mol. The van der Waals surface area contributed by atoms with E-state index in [9.17, 15) is 0 Å². The number of hydrogen-bond acceptors (Lipinski definition) is 1. The lowest BCUT2D eigenvalue weighted by atomic mass is 9.72. The Balaban J connectivity index is 2.94. The van der Waals surface area contributed by atoms with Crippen molar-refractivity contribution < 1.29 is 0 Å². The summed E-state index contributed by atoms with van der Waals surface area (Å²) in [6.45, 7) is 15.9. The highest BCUT2D eigenvalue weighted by Crippen LogP contribution is 2.40. The highest BCUT2D eigenvalue weighted by atomic mass is 14.7. The van der Waals surface area contributed by atoms with E-state index in [1.165, 1.54) is 5.57 Å². The molecule has 0 aliphatic carbocycles. The van der Waals surface area contributed by atoms with Crippen LogP contribution in [-0.4, -0.2) is 6.21 Å². The number of aliphatic imine (C=N–C) groups is 1. The summed E-state index contributed by atoms with van der Waals surface area (Å²) in [5.74, 6) is 0. The minimum absolute atomic E-state index is 0.0655. The molecule has 1 nitrogen and oxygen atoms in total. The van der Waals surface area contributed by atoms with Crippen molar-refractivity contribution in [2.45, 2.75) is 54.9 Å². The molecule has 0 bridgehead atoms. The summed E-state index contributed by atoms with van der Waals surface area (Å²) in [4.78, 5) is 4.45. The largest absolute Gasteiger partial charge is 0.268 e. The third-order valence-corrected chi connectivity index (χ3v) is 3.07. The van der Waals surface area contributed by atoms with Crippen molar-refractivity contribution in [3.63, 3.8) is 0 Å². The minimum Gasteiger partial charge on any atom is -0.268 e. The van der Waals surface area contributed by atoms with E-state index in [2.05, 4.69) is 65.6 Å². The molecular weight excluding hydrogens is 206 g/mol. The molecular formula is C16H27N. The zero-order valence-electron chi connectivity index (χ0n) is 12.5. The molecule has 0 fully saturated rings. The Morgan fingerprint density at radius 1 is 1.12 bits per heavy atom. The van der Waals surface area contributed by atoms with Gasteiger partial charge in [0.2, 0.25) is 0 Å². The van der Waals surface area contributed by atoms with Crippen molar-refractivity contribution >= 4 is 6.21 Å². The van der Waals surface area contributed by atoms with Crippen molar-refractivity contribution in [2.75, 3.05) is 0 Å². The molecule has 1 heterocycles. The molecule has 1 aliphatic heterocycles. The third-order valence-electron chi connectivity index (χ3n) is 3.07. The molecule has 0 amide bonds. The molecule has 17 heavy (non-hydrogen) atoms. The zero-order valence-corrected chi connectivity index (χ0v) is 12.5. The minimum atomic E-state index is 0.0655. The lowest BCUT2D eigenvalue weighted by Crippen LogP contribution is -2.22. The lowest BCUT2D eigenvalue weighted by Gasteiger charge is -2.33. The molecule has 0 aromatic heterocycles. The van der Waals surface area contributed by atoms with E-state index in [-0.39, 0.29) is 10.8 Å². The zero-order chi connectivity index (χ0) is 13.3. The van der Waals surface area contributed by atoms with Crippen LogP contribution in [0.2, 0.25) is 0 Å². The van der Waals surface area contributed by atoms with Crippen molar-refractivity contribution in [1.82, 2.24) is 0 Å². The molecule has 0 saturated carbocycles. The first-order valence-electron chi connectivity index (χ1n) is 6.46. The maximum absolute atomic E-state index is 4.45. The maximum Gasteiger partial charge on any atom is 0.0301 e. The summed E-state index contributed by atoms with van der Waals surface area (Å²) < 4.78 is 0. The van der Waals surface area contributed by atoms with E-state index < -0.39 is 0 Å². The average Bonchev–Trinajstić information content (AvgIpc) is 2.21. The quantitative estimate of drug-likeness (QED) is 0.636. The third kappa shape index (κ3) is 4.49. The van der Waals surface area contributed by atoms with Gasteiger partial charge in [-0.15, -0.1) is 0 Å². The van der Waals surface area contributed by atoms with Crippen LogP contribution in [0.15, 0.2) is 28.9 Å². The smallest absolute Gasteiger partial charge is 0.0301 e. The summed E-state index contributed by atoms with van der Waals surface area (Å²) in [7, 11) is 0. The number of nitrogens with zero attached hydrogens (tertiary/aromatic N) is 1. The van der Waals surface area contributed by atoms with Gasteiger partial charge in [-0.2, -0.15) is 0 Å². The van der Waals surface area contributed by atoms with Gasteiger partial charge in [0.1, 0.15) is 0 Å². The normalized spacial score (nSPS) is 20.1. The van der Waals surface area contributed by atoms with Gasteiger partial charge in [-0.1, -0.05) is 60.6 Å². The monoisotopic (exact) mass is 233 g/mol. The summed E-state index contributed by atoms with van der Waals surface area (Å²) >= 11 is 0. The Hall–Kier alpha value is -0.850. The molecule has 0 N–H and O–H groups in total. The van der Waals surface area contributed by atoms with Crippen LogP contribution in [-0.2, 0) is 0 Å². The molecule has 1 rings (SSSR count). The Morgan fingerprint density at radius 3 is 2.24 bits per heavy atom. The van der Waals surface area contributed by atoms with Gasteiger partial charge in [0.05, 0.1) is 0 Å². The second-order valence-corrected chi connectivity index (χ2v) is 7.64. The van der Waals surface area contributed by atoms with E-state index in [0.29, 0.717) is 5.41 Å². The number of allylic oxidation sites excluding steroid dienone is 3. The molecule has 1 aliphatic rings. The van der Waals surface area contributed by atoms with E-state index in [0.717, 1.165) is 6.42 Å². The topological polar surface area (TPSA) is 12.4 Å². The summed E-state index contributed by atoms with van der Waals surface area (Å²) in [6, 6.07) is 0. The molecule has 0 radical (unpaired) electrons. The van der Waals surface area contributed by atoms with Crippen molar-refractivity contribution in [3.8, 4) is 0 Å². The lowest BCUT2D eigenvalue weighted by molar-refractivity contribution is 0.253. The van der Waals surface area contributed by atoms with Crippen LogP contribution in [0.3, 0.4) is 0 Å². The predicted octanol–water partition coefficient (Wildman–Crippen LogP) is 5.00. The SMILES string of the molecule is CC1(C)C=CC(C(C)(C)CC(C)(C)C)=CN=C1. The maximum atomic E-state index is 4.45. The molecule has 0 unspecified atom stereocenters. The molecule has 1 heteroatoms. The molecule has 0 atom stereocenters. The molecule has 0 aromatic rings. The fourth-order valence-corrected chi connectivity index (χ4v) is 2.53. The van der Waals surface area contributed by atoms with Crippen LogP contribution >= 0.6 is 0 Å². The van der Waals surface area contributed by atoms with Gasteiger partial charge in [-0.25, -0.2) is 0 Å². The van der Waals surface area contributed by atoms with Gasteiger partial charge in [0.25, 0.3) is 0 Å². The molecule has 0 spiro atoms. The van der Waals surface area contributed by atoms with Gasteiger partial charge < -0.3 is 0 Å². The van der Waals surface area contributed by atoms with E-state index in [1.807, 2.05) is 12.4 Å². The van der Waals surface area contributed by atoms with Crippen LogP contribution in [0.5, 0.6) is 0 Å². The standard InChI is InChI=1S/C16H27N/c1-14(2,3)11-16(6,7)13-8-9-15(4,5)12-17-10-13/h8-10,12H,11H2,1-7H3. The summed E-state index contributed by atoms with van der Waals surface area (Å²) in [5, 5.41) is 0. The van der Waals surface area contributed by atoms with Crippen LogP contribution in [0.4, 0.5) is 0 Å². The summed E-state index contributed by atoms with van der Waals surface area (Å²) in [6.07, 6.45) is 9.70. The fourth-order valence-electron chi connectivity index (χ4n) is 2.53. The van der Waals surface area contributed by atoms with Crippen LogP contribution < -0.4 is 0 Å². The van der Waals surface area contributed by atoms with Crippen LogP contribution in [0.1, 0.15) is 54.9 Å². The summed E-state index contributed by atoms with van der Waals surface area (Å²) in [5.41, 5.74) is 1.90. The fraction of sp³-hybridized carbons (Fsp3) is 0.688. The molecule has 0 aromatic carbocycles. The van der Waals surface area contributed by atoms with Gasteiger partial charge in [0.15, 0.2) is 0 Å². The molecule has 96 valence electrons. The highest BCUT2D eigenvalue weighted by Gasteiger charge is 2.28.